The van der Waals surface area contributed by atoms with Gasteiger partial charge in [0.25, 0.3) is 5.91 Å². The lowest BCUT2D eigenvalue weighted by Crippen LogP contribution is -2.17. The van der Waals surface area contributed by atoms with Gasteiger partial charge in [-0.25, -0.2) is 8.78 Å². The van der Waals surface area contributed by atoms with E-state index in [-0.39, 0.29) is 11.4 Å². The number of anilines is 2. The van der Waals surface area contributed by atoms with Gasteiger partial charge in [0, 0.05) is 65.2 Å². The lowest BCUT2D eigenvalue weighted by atomic mass is 10.1. The van der Waals surface area contributed by atoms with E-state index in [0.717, 1.165) is 23.4 Å². The number of pyridine rings is 1. The maximum atomic E-state index is 15.0. The van der Waals surface area contributed by atoms with Gasteiger partial charge in [0.2, 0.25) is 6.41 Å². The van der Waals surface area contributed by atoms with Crippen LogP contribution in [0.5, 0.6) is 5.75 Å². The molecule has 10 heteroatoms. The van der Waals surface area contributed by atoms with Crippen LogP contribution in [0, 0.1) is 17.0 Å². The summed E-state index contributed by atoms with van der Waals surface area (Å²) in [6, 6.07) is 13.0. The molecule has 3 N–H and O–H groups in total. The fourth-order valence-corrected chi connectivity index (χ4v) is 3.65. The number of carbonyl (C=O) groups is 2. The molecule has 2 aromatic carbocycles. The molecule has 0 saturated carbocycles. The molecular formula is C31H25F2N5O3. The van der Waals surface area contributed by atoms with Gasteiger partial charge in [0.1, 0.15) is 5.82 Å². The van der Waals surface area contributed by atoms with Crippen LogP contribution in [0.4, 0.5) is 20.2 Å². The van der Waals surface area contributed by atoms with Crippen molar-refractivity contribution >= 4 is 35.5 Å². The molecule has 2 amide bonds. The molecule has 0 fully saturated rings. The molecule has 0 unspecified atom stereocenters. The molecule has 0 atom stereocenters. The quantitative estimate of drug-likeness (QED) is 0.126. The number of rotatable bonds is 10. The lowest BCUT2D eigenvalue weighted by Gasteiger charge is -2.19. The van der Waals surface area contributed by atoms with Crippen LogP contribution in [0.25, 0.3) is 5.57 Å². The minimum absolute atomic E-state index is 0.0793. The van der Waals surface area contributed by atoms with Gasteiger partial charge in [-0.1, -0.05) is 12.1 Å². The highest BCUT2D eigenvalue weighted by Crippen LogP contribution is 2.29. The van der Waals surface area contributed by atoms with Gasteiger partial charge in [-0.05, 0) is 67.6 Å². The van der Waals surface area contributed by atoms with E-state index in [1.807, 2.05) is 6.07 Å². The van der Waals surface area contributed by atoms with Crippen LogP contribution in [-0.2, 0) is 9.59 Å². The number of dihydropyridines is 1. The number of nitrogens with one attached hydrogen (secondary N) is 3. The summed E-state index contributed by atoms with van der Waals surface area (Å²) < 4.78 is 34.0. The van der Waals surface area contributed by atoms with E-state index in [1.54, 1.807) is 37.7 Å². The minimum atomic E-state index is -0.710. The molecule has 0 aliphatic carbocycles. The van der Waals surface area contributed by atoms with Crippen LogP contribution >= 0.6 is 0 Å². The van der Waals surface area contributed by atoms with Gasteiger partial charge in [-0.2, -0.15) is 0 Å². The number of aromatic nitrogens is 1. The van der Waals surface area contributed by atoms with Crippen molar-refractivity contribution in [3.63, 3.8) is 0 Å². The van der Waals surface area contributed by atoms with Crippen LogP contribution < -0.4 is 20.3 Å². The van der Waals surface area contributed by atoms with E-state index in [9.17, 15) is 14.0 Å². The Balaban J connectivity index is 1.44. The molecule has 0 spiro atoms. The monoisotopic (exact) mass is 553 g/mol. The van der Waals surface area contributed by atoms with E-state index in [1.165, 1.54) is 65.7 Å². The summed E-state index contributed by atoms with van der Waals surface area (Å²) in [5, 5.41) is 13.1. The smallest absolute Gasteiger partial charge is 0.251 e. The lowest BCUT2D eigenvalue weighted by molar-refractivity contribution is -0.112. The Kier molecular flexibility index (Phi) is 9.29. The maximum absolute atomic E-state index is 15.0. The fourth-order valence-electron chi connectivity index (χ4n) is 3.65. The van der Waals surface area contributed by atoms with Crippen molar-refractivity contribution in [3.05, 3.63) is 138 Å². The Labute approximate surface area is 235 Å². The first-order valence-electron chi connectivity index (χ1n) is 12.3. The Morgan fingerprint density at radius 3 is 2.63 bits per heavy atom. The molecule has 3 aromatic rings. The number of ether oxygens (including phenoxy) is 1. The van der Waals surface area contributed by atoms with Gasteiger partial charge >= 0.3 is 0 Å². The summed E-state index contributed by atoms with van der Waals surface area (Å²) in [7, 11) is 0. The zero-order valence-corrected chi connectivity index (χ0v) is 21.8. The predicted molar refractivity (Wildman–Crippen MR) is 154 cm³/mol. The first kappa shape index (κ1) is 28.4. The molecule has 1 aliphatic heterocycles. The van der Waals surface area contributed by atoms with Crippen LogP contribution in [0.1, 0.15) is 12.5 Å². The van der Waals surface area contributed by atoms with Gasteiger partial charge in [0.15, 0.2) is 17.3 Å². The molecule has 0 saturated heterocycles. The molecule has 206 valence electrons. The predicted octanol–water partition coefficient (Wildman–Crippen LogP) is 5.86. The Morgan fingerprint density at radius 1 is 1.15 bits per heavy atom. The van der Waals surface area contributed by atoms with Crippen LogP contribution in [-0.4, -0.2) is 23.5 Å². The third kappa shape index (κ3) is 7.48. The number of hydrogen-bond acceptors (Lipinski definition) is 6. The maximum Gasteiger partial charge on any atom is 0.251 e. The molecule has 0 bridgehead atoms. The minimum Gasteiger partial charge on any atom is -0.452 e. The van der Waals surface area contributed by atoms with Crippen molar-refractivity contribution in [1.82, 2.24) is 10.3 Å². The number of carbonyl (C=O) groups excluding carboxylic acids is 2. The zero-order valence-electron chi connectivity index (χ0n) is 21.8. The SMILES string of the molecule is C/C(=C\C=C/N(C=O)c1ccc(F)cc1)C(=O)Nc1ccc(OC2=CC(c3cccnc3)=CN/C2=C\C=N)c(F)c1. The Hall–Kier alpha value is -5.64. The Bertz CT molecular complexity index is 1590. The van der Waals surface area contributed by atoms with Gasteiger partial charge in [-0.15, -0.1) is 0 Å². The van der Waals surface area contributed by atoms with Crippen molar-refractivity contribution in [2.45, 2.75) is 6.92 Å². The van der Waals surface area contributed by atoms with Crippen LogP contribution in [0.3, 0.4) is 0 Å². The number of benzene rings is 2. The van der Waals surface area contributed by atoms with E-state index in [2.05, 4.69) is 15.6 Å². The number of nitrogens with zero attached hydrogens (tertiary/aromatic N) is 2. The van der Waals surface area contributed by atoms with Gasteiger partial charge in [0.05, 0.1) is 5.70 Å². The van der Waals surface area contributed by atoms with E-state index in [0.29, 0.717) is 29.1 Å². The normalized spacial score (nSPS) is 14.1. The van der Waals surface area contributed by atoms with Gasteiger partial charge < -0.3 is 20.8 Å². The molecule has 0 radical (unpaired) electrons. The topological polar surface area (TPSA) is 107 Å². The van der Waals surface area contributed by atoms with Crippen molar-refractivity contribution in [3.8, 4) is 5.75 Å². The molecule has 41 heavy (non-hydrogen) atoms. The van der Waals surface area contributed by atoms with Gasteiger partial charge in [-0.3, -0.25) is 19.5 Å². The average molecular weight is 554 g/mol. The summed E-state index contributed by atoms with van der Waals surface area (Å²) in [6.45, 7) is 1.56. The molecule has 1 aliphatic rings. The molecular weight excluding hydrogens is 528 g/mol. The number of hydrogen-bond donors (Lipinski definition) is 3. The highest BCUT2D eigenvalue weighted by atomic mass is 19.1. The van der Waals surface area contributed by atoms with Crippen molar-refractivity contribution in [1.29, 1.82) is 5.41 Å². The second kappa shape index (κ2) is 13.4. The second-order valence-corrected chi connectivity index (χ2v) is 8.62. The molecule has 2 heterocycles. The van der Waals surface area contributed by atoms with E-state index < -0.39 is 17.5 Å². The third-order valence-corrected chi connectivity index (χ3v) is 5.78. The first-order chi connectivity index (χ1) is 19.9. The van der Waals surface area contributed by atoms with Crippen molar-refractivity contribution in [2.75, 3.05) is 10.2 Å². The summed E-state index contributed by atoms with van der Waals surface area (Å²) in [5.74, 6) is -1.40. The summed E-state index contributed by atoms with van der Waals surface area (Å²) >= 11 is 0. The number of halogens is 2. The highest BCUT2D eigenvalue weighted by Gasteiger charge is 2.17. The van der Waals surface area contributed by atoms with Crippen molar-refractivity contribution < 1.29 is 23.1 Å². The van der Waals surface area contributed by atoms with Crippen LogP contribution in [0.15, 0.2) is 121 Å². The summed E-state index contributed by atoms with van der Waals surface area (Å²) in [4.78, 5) is 29.3. The average Bonchev–Trinajstić information content (AvgIpc) is 2.98. The van der Waals surface area contributed by atoms with E-state index >= 15 is 4.39 Å². The molecule has 8 nitrogen and oxygen atoms in total. The Morgan fingerprint density at radius 2 is 1.95 bits per heavy atom. The number of allylic oxidation sites excluding steroid dienone is 5. The second-order valence-electron chi connectivity index (χ2n) is 8.62. The van der Waals surface area contributed by atoms with Crippen molar-refractivity contribution in [2.24, 2.45) is 0 Å². The molecule has 4 rings (SSSR count). The number of amides is 2. The molecule has 1 aromatic heterocycles. The fraction of sp³-hybridized carbons (Fsp3) is 0.0323. The summed E-state index contributed by atoms with van der Waals surface area (Å²) in [6.07, 6.45) is 14.3. The standard InChI is InChI=1S/C31H25F2N5O3/c1-21(4-3-15-38(20-39)26-9-6-24(32)7-10-26)31(40)37-25-8-11-29(27(33)17-25)41-30-16-23(19-36-28(30)12-13-34)22-5-2-14-35-18-22/h2-20,34,36H,1H3,(H,37,40)/b15-3-,21-4+,28-12-,34-13?. The summed E-state index contributed by atoms with van der Waals surface area (Å²) in [5.41, 5.74) is 2.99. The zero-order chi connectivity index (χ0) is 29.2. The first-order valence-corrected chi connectivity index (χ1v) is 12.3. The van der Waals surface area contributed by atoms with Crippen LogP contribution in [0.2, 0.25) is 0 Å². The largest absolute Gasteiger partial charge is 0.452 e. The third-order valence-electron chi connectivity index (χ3n) is 5.78. The highest BCUT2D eigenvalue weighted by molar-refractivity contribution is 6.03. The van der Waals surface area contributed by atoms with E-state index in [4.69, 9.17) is 10.1 Å².